The normalized spacial score (nSPS) is 11.8. The average Bonchev–Trinajstić information content (AvgIpc) is 3.15. The average molecular weight is 424 g/mol. The van der Waals surface area contributed by atoms with Crippen molar-refractivity contribution in [2.75, 3.05) is 11.1 Å². The summed E-state index contributed by atoms with van der Waals surface area (Å²) in [7, 11) is 0. The molecule has 0 aliphatic rings. The fourth-order valence-electron chi connectivity index (χ4n) is 2.97. The Hall–Kier alpha value is -3.13. The van der Waals surface area contributed by atoms with Gasteiger partial charge in [-0.15, -0.1) is 10.2 Å². The van der Waals surface area contributed by atoms with Crippen molar-refractivity contribution in [1.29, 1.82) is 0 Å². The summed E-state index contributed by atoms with van der Waals surface area (Å²) < 4.78 is 1.99. The molecule has 1 amide bonds. The molecule has 30 heavy (non-hydrogen) atoms. The number of nitrogen functional groups attached to an aromatic ring is 1. The molecule has 0 fully saturated rings. The second kappa shape index (κ2) is 9.58. The Balaban J connectivity index is 1.75. The summed E-state index contributed by atoms with van der Waals surface area (Å²) in [4.78, 5) is 24.2. The molecule has 0 aliphatic carbocycles. The lowest BCUT2D eigenvalue weighted by Gasteiger charge is -2.15. The highest BCUT2D eigenvalue weighted by molar-refractivity contribution is 8.00. The Kier molecular flexibility index (Phi) is 6.89. The van der Waals surface area contributed by atoms with Gasteiger partial charge >= 0.3 is 0 Å². The van der Waals surface area contributed by atoms with Crippen LogP contribution in [0, 0.1) is 0 Å². The van der Waals surface area contributed by atoms with Crippen molar-refractivity contribution in [2.45, 2.75) is 44.1 Å². The lowest BCUT2D eigenvalue weighted by molar-refractivity contribution is -0.115. The molecule has 1 heterocycles. The van der Waals surface area contributed by atoms with Gasteiger partial charge in [0.05, 0.1) is 5.25 Å². The number of amides is 1. The van der Waals surface area contributed by atoms with Crippen LogP contribution < -0.4 is 11.1 Å². The molecule has 7 nitrogen and oxygen atoms in total. The molecule has 1 unspecified atom stereocenters. The monoisotopic (exact) mass is 423 g/mol. The predicted octanol–water partition coefficient (Wildman–Crippen LogP) is 4.26. The fraction of sp³-hybridized carbons (Fsp3) is 0.273. The zero-order valence-electron chi connectivity index (χ0n) is 17.3. The van der Waals surface area contributed by atoms with Crippen molar-refractivity contribution in [3.05, 3.63) is 54.1 Å². The molecule has 3 aromatic rings. The molecule has 0 spiro atoms. The molecule has 2 aromatic carbocycles. The van der Waals surface area contributed by atoms with E-state index in [1.54, 1.807) is 24.3 Å². The number of aromatic nitrogens is 3. The number of thioether (sulfide) groups is 1. The number of nitrogens with two attached hydrogens (primary N) is 1. The minimum Gasteiger partial charge on any atom is -0.399 e. The van der Waals surface area contributed by atoms with E-state index in [4.69, 9.17) is 5.73 Å². The summed E-state index contributed by atoms with van der Waals surface area (Å²) in [6.07, 6.45) is 0.635. The van der Waals surface area contributed by atoms with Gasteiger partial charge in [-0.3, -0.25) is 9.59 Å². The SMILES string of the molecule is CCC(Sc1nnc(-c2ccc(N)cc2)n1CC)C(=O)Nc1ccc(C(C)=O)cc1. The third kappa shape index (κ3) is 4.88. The number of hydrogen-bond acceptors (Lipinski definition) is 6. The van der Waals surface area contributed by atoms with Crippen molar-refractivity contribution in [1.82, 2.24) is 14.8 Å². The Morgan fingerprint density at radius 3 is 2.30 bits per heavy atom. The van der Waals surface area contributed by atoms with Crippen LogP contribution in [-0.2, 0) is 11.3 Å². The van der Waals surface area contributed by atoms with Gasteiger partial charge in [-0.1, -0.05) is 18.7 Å². The number of anilines is 2. The maximum absolute atomic E-state index is 12.8. The van der Waals surface area contributed by atoms with Gasteiger partial charge < -0.3 is 15.6 Å². The van der Waals surface area contributed by atoms with Crippen LogP contribution in [0.1, 0.15) is 37.6 Å². The van der Waals surface area contributed by atoms with Gasteiger partial charge in [0.25, 0.3) is 0 Å². The van der Waals surface area contributed by atoms with Crippen LogP contribution in [0.2, 0.25) is 0 Å². The molecule has 156 valence electrons. The van der Waals surface area contributed by atoms with E-state index in [9.17, 15) is 9.59 Å². The van der Waals surface area contributed by atoms with Crippen LogP contribution in [0.5, 0.6) is 0 Å². The third-order valence-electron chi connectivity index (χ3n) is 4.67. The fourth-order valence-corrected chi connectivity index (χ4v) is 3.99. The van der Waals surface area contributed by atoms with Gasteiger partial charge in [0.1, 0.15) is 0 Å². The number of Topliss-reactive ketones (excluding diaryl/α,β-unsaturated/α-hetero) is 1. The Labute approximate surface area is 180 Å². The van der Waals surface area contributed by atoms with E-state index in [0.29, 0.717) is 35.1 Å². The van der Waals surface area contributed by atoms with Crippen LogP contribution in [0.25, 0.3) is 11.4 Å². The maximum Gasteiger partial charge on any atom is 0.237 e. The van der Waals surface area contributed by atoms with Gasteiger partial charge in [-0.05, 0) is 68.8 Å². The van der Waals surface area contributed by atoms with E-state index in [2.05, 4.69) is 15.5 Å². The van der Waals surface area contributed by atoms with E-state index < -0.39 is 0 Å². The molecular formula is C22H25N5O2S. The number of nitrogens with zero attached hydrogens (tertiary/aromatic N) is 3. The van der Waals surface area contributed by atoms with E-state index in [-0.39, 0.29) is 16.9 Å². The first-order valence-electron chi connectivity index (χ1n) is 9.80. The first kappa shape index (κ1) is 21.6. The molecule has 0 aliphatic heterocycles. The van der Waals surface area contributed by atoms with Crippen LogP contribution in [-0.4, -0.2) is 31.7 Å². The van der Waals surface area contributed by atoms with Crippen molar-refractivity contribution in [3.8, 4) is 11.4 Å². The van der Waals surface area contributed by atoms with Crippen LogP contribution in [0.15, 0.2) is 53.7 Å². The van der Waals surface area contributed by atoms with Gasteiger partial charge in [-0.2, -0.15) is 0 Å². The van der Waals surface area contributed by atoms with Gasteiger partial charge in [0.2, 0.25) is 5.91 Å². The highest BCUT2D eigenvalue weighted by Gasteiger charge is 2.23. The summed E-state index contributed by atoms with van der Waals surface area (Å²) in [6, 6.07) is 14.4. The van der Waals surface area contributed by atoms with E-state index >= 15 is 0 Å². The second-order valence-corrected chi connectivity index (χ2v) is 7.98. The first-order valence-corrected chi connectivity index (χ1v) is 10.7. The highest BCUT2D eigenvalue weighted by atomic mass is 32.2. The van der Waals surface area contributed by atoms with Crippen molar-refractivity contribution in [3.63, 3.8) is 0 Å². The van der Waals surface area contributed by atoms with Gasteiger partial charge in [-0.25, -0.2) is 0 Å². The first-order chi connectivity index (χ1) is 14.4. The standard InChI is InChI=1S/C22H25N5O2S/c1-4-19(21(29)24-18-12-8-15(9-13-18)14(3)28)30-22-26-25-20(27(22)5-2)16-6-10-17(23)11-7-16/h6-13,19H,4-5,23H2,1-3H3,(H,24,29). The van der Waals surface area contributed by atoms with Crippen molar-refractivity contribution < 1.29 is 9.59 Å². The molecule has 0 saturated carbocycles. The summed E-state index contributed by atoms with van der Waals surface area (Å²) in [5, 5.41) is 11.9. The molecule has 0 saturated heterocycles. The number of hydrogen-bond donors (Lipinski definition) is 2. The van der Waals surface area contributed by atoms with Gasteiger partial charge in [0.15, 0.2) is 16.8 Å². The topological polar surface area (TPSA) is 103 Å². The molecule has 8 heteroatoms. The minimum absolute atomic E-state index is 0.00863. The molecule has 0 bridgehead atoms. The zero-order valence-corrected chi connectivity index (χ0v) is 18.1. The molecule has 3 N–H and O–H groups in total. The number of carbonyl (C=O) groups is 2. The molecule has 0 radical (unpaired) electrons. The van der Waals surface area contributed by atoms with E-state index in [0.717, 1.165) is 11.4 Å². The Morgan fingerprint density at radius 1 is 1.07 bits per heavy atom. The summed E-state index contributed by atoms with van der Waals surface area (Å²) in [6.45, 7) is 6.18. The minimum atomic E-state index is -0.328. The summed E-state index contributed by atoms with van der Waals surface area (Å²) in [5.41, 5.74) is 8.66. The van der Waals surface area contributed by atoms with E-state index in [1.165, 1.54) is 18.7 Å². The quantitative estimate of drug-likeness (QED) is 0.319. The van der Waals surface area contributed by atoms with Crippen molar-refractivity contribution in [2.24, 2.45) is 0 Å². The largest absolute Gasteiger partial charge is 0.399 e. The zero-order chi connectivity index (χ0) is 21.7. The van der Waals surface area contributed by atoms with Crippen LogP contribution in [0.3, 0.4) is 0 Å². The number of nitrogens with one attached hydrogen (secondary N) is 1. The van der Waals surface area contributed by atoms with Gasteiger partial charge in [0, 0.05) is 29.0 Å². The predicted molar refractivity (Wildman–Crippen MR) is 121 cm³/mol. The number of benzene rings is 2. The third-order valence-corrected chi connectivity index (χ3v) is 6.02. The summed E-state index contributed by atoms with van der Waals surface area (Å²) in [5.74, 6) is 0.624. The smallest absolute Gasteiger partial charge is 0.237 e. The van der Waals surface area contributed by atoms with Crippen molar-refractivity contribution >= 4 is 34.8 Å². The Morgan fingerprint density at radius 2 is 1.73 bits per heavy atom. The number of rotatable bonds is 8. The van der Waals surface area contributed by atoms with E-state index in [1.807, 2.05) is 42.7 Å². The Bertz CT molecular complexity index is 1030. The molecular weight excluding hydrogens is 398 g/mol. The van der Waals surface area contributed by atoms with Crippen LogP contribution >= 0.6 is 11.8 Å². The number of ketones is 1. The molecule has 1 atom stereocenters. The lowest BCUT2D eigenvalue weighted by Crippen LogP contribution is -2.25. The molecule has 1 aromatic heterocycles. The lowest BCUT2D eigenvalue weighted by atomic mass is 10.1. The summed E-state index contributed by atoms with van der Waals surface area (Å²) >= 11 is 1.39. The maximum atomic E-state index is 12.8. The number of carbonyl (C=O) groups excluding carboxylic acids is 2. The highest BCUT2D eigenvalue weighted by Crippen LogP contribution is 2.29. The van der Waals surface area contributed by atoms with Crippen LogP contribution in [0.4, 0.5) is 11.4 Å². The second-order valence-electron chi connectivity index (χ2n) is 6.81. The molecule has 3 rings (SSSR count).